The van der Waals surface area contributed by atoms with Crippen LogP contribution in [0.3, 0.4) is 0 Å². The van der Waals surface area contributed by atoms with Crippen LogP contribution in [0.2, 0.25) is 0 Å². The monoisotopic (exact) mass is 335 g/mol. The van der Waals surface area contributed by atoms with Gasteiger partial charge in [-0.15, -0.1) is 0 Å². The van der Waals surface area contributed by atoms with Crippen molar-refractivity contribution in [2.75, 3.05) is 7.11 Å². The summed E-state index contributed by atoms with van der Waals surface area (Å²) in [6.45, 7) is 2.23. The topological polar surface area (TPSA) is 47.6 Å². The molecule has 0 fully saturated rings. The average molecular weight is 335 g/mol. The van der Waals surface area contributed by atoms with E-state index in [-0.39, 0.29) is 5.91 Å². The second kappa shape index (κ2) is 7.71. The molecule has 1 atom stereocenters. The number of ether oxygens (including phenoxy) is 2. The maximum atomic E-state index is 12.2. The van der Waals surface area contributed by atoms with Gasteiger partial charge >= 0.3 is 0 Å². The molecule has 128 valence electrons. The predicted octanol–water partition coefficient (Wildman–Crippen LogP) is 3.93. The molecule has 0 heterocycles. The lowest BCUT2D eigenvalue weighted by Crippen LogP contribution is -2.35. The molecule has 3 aromatic carbocycles. The molecule has 0 bridgehead atoms. The summed E-state index contributed by atoms with van der Waals surface area (Å²) in [7, 11) is 1.64. The van der Waals surface area contributed by atoms with Crippen LogP contribution in [0.4, 0.5) is 0 Å². The zero-order valence-corrected chi connectivity index (χ0v) is 14.4. The lowest BCUT2D eigenvalue weighted by atomic mass is 10.1. The van der Waals surface area contributed by atoms with Crippen LogP contribution in [0.1, 0.15) is 12.5 Å². The van der Waals surface area contributed by atoms with Crippen molar-refractivity contribution < 1.29 is 14.3 Å². The molecule has 0 saturated heterocycles. The van der Waals surface area contributed by atoms with Crippen molar-refractivity contribution in [1.29, 1.82) is 0 Å². The Morgan fingerprint density at radius 3 is 2.36 bits per heavy atom. The fraction of sp³-hybridized carbons (Fsp3) is 0.190. The molecule has 3 aromatic rings. The van der Waals surface area contributed by atoms with Gasteiger partial charge in [-0.05, 0) is 47.5 Å². The molecule has 25 heavy (non-hydrogen) atoms. The largest absolute Gasteiger partial charge is 0.497 e. The minimum absolute atomic E-state index is 0.144. The van der Waals surface area contributed by atoms with Crippen molar-refractivity contribution in [3.8, 4) is 11.5 Å². The Kier molecular flexibility index (Phi) is 5.19. The molecule has 1 amide bonds. The van der Waals surface area contributed by atoms with Crippen molar-refractivity contribution >= 4 is 16.7 Å². The Bertz CT molecular complexity index is 861. The van der Waals surface area contributed by atoms with Crippen LogP contribution >= 0.6 is 0 Å². The smallest absolute Gasteiger partial charge is 0.261 e. The third kappa shape index (κ3) is 4.29. The summed E-state index contributed by atoms with van der Waals surface area (Å²) in [4.78, 5) is 12.2. The fourth-order valence-electron chi connectivity index (χ4n) is 2.59. The number of hydrogen-bond donors (Lipinski definition) is 1. The second-order valence-electron chi connectivity index (χ2n) is 5.84. The molecular weight excluding hydrogens is 314 g/mol. The number of hydrogen-bond acceptors (Lipinski definition) is 3. The van der Waals surface area contributed by atoms with Gasteiger partial charge in [0.2, 0.25) is 0 Å². The highest BCUT2D eigenvalue weighted by molar-refractivity contribution is 5.85. The zero-order chi connectivity index (χ0) is 17.6. The number of amides is 1. The van der Waals surface area contributed by atoms with E-state index in [2.05, 4.69) is 5.32 Å². The molecule has 0 spiro atoms. The van der Waals surface area contributed by atoms with Crippen LogP contribution in [-0.4, -0.2) is 19.1 Å². The number of carbonyl (C=O) groups excluding carboxylic acids is 1. The minimum Gasteiger partial charge on any atom is -0.497 e. The number of rotatable bonds is 6. The lowest BCUT2D eigenvalue weighted by molar-refractivity contribution is -0.127. The quantitative estimate of drug-likeness (QED) is 0.742. The molecule has 4 heteroatoms. The summed E-state index contributed by atoms with van der Waals surface area (Å²) in [5, 5.41) is 4.99. The van der Waals surface area contributed by atoms with Gasteiger partial charge in [-0.3, -0.25) is 4.79 Å². The van der Waals surface area contributed by atoms with Crippen molar-refractivity contribution in [1.82, 2.24) is 5.32 Å². The average Bonchev–Trinajstić information content (AvgIpc) is 2.66. The molecule has 0 aliphatic carbocycles. The van der Waals surface area contributed by atoms with Gasteiger partial charge in [0.25, 0.3) is 5.91 Å². The normalized spacial score (nSPS) is 11.8. The minimum atomic E-state index is -0.577. The SMILES string of the molecule is COc1ccc2ccc(O[C@@H](C)C(=O)NCc3ccccc3)cc2c1. The Hall–Kier alpha value is -3.01. The van der Waals surface area contributed by atoms with E-state index in [0.29, 0.717) is 12.3 Å². The molecule has 3 rings (SSSR count). The van der Waals surface area contributed by atoms with Crippen LogP contribution < -0.4 is 14.8 Å². The molecule has 4 nitrogen and oxygen atoms in total. The van der Waals surface area contributed by atoms with Crippen molar-refractivity contribution in [2.24, 2.45) is 0 Å². The van der Waals surface area contributed by atoms with E-state index in [0.717, 1.165) is 22.1 Å². The first-order chi connectivity index (χ1) is 12.2. The summed E-state index contributed by atoms with van der Waals surface area (Å²) in [5.41, 5.74) is 1.06. The highest BCUT2D eigenvalue weighted by atomic mass is 16.5. The van der Waals surface area contributed by atoms with E-state index in [1.165, 1.54) is 0 Å². The first kappa shape index (κ1) is 16.8. The van der Waals surface area contributed by atoms with Crippen molar-refractivity contribution in [3.63, 3.8) is 0 Å². The molecule has 0 saturated carbocycles. The Morgan fingerprint density at radius 2 is 1.64 bits per heavy atom. The van der Waals surface area contributed by atoms with Crippen LogP contribution in [0.25, 0.3) is 10.8 Å². The Balaban J connectivity index is 1.64. The third-order valence-corrected chi connectivity index (χ3v) is 4.01. The van der Waals surface area contributed by atoms with E-state index >= 15 is 0 Å². The molecule has 0 radical (unpaired) electrons. The molecule has 0 aliphatic heterocycles. The molecule has 0 aliphatic rings. The van der Waals surface area contributed by atoms with E-state index in [1.807, 2.05) is 66.7 Å². The van der Waals surface area contributed by atoms with Crippen molar-refractivity contribution in [2.45, 2.75) is 19.6 Å². The molecule has 1 N–H and O–H groups in total. The van der Waals surface area contributed by atoms with E-state index in [1.54, 1.807) is 14.0 Å². The van der Waals surface area contributed by atoms with Crippen LogP contribution in [0.5, 0.6) is 11.5 Å². The van der Waals surface area contributed by atoms with Crippen LogP contribution in [-0.2, 0) is 11.3 Å². The number of fused-ring (bicyclic) bond motifs is 1. The maximum Gasteiger partial charge on any atom is 0.261 e. The number of benzene rings is 3. The summed E-state index contributed by atoms with van der Waals surface area (Å²) in [6.07, 6.45) is -0.577. The lowest BCUT2D eigenvalue weighted by Gasteiger charge is -2.15. The maximum absolute atomic E-state index is 12.2. The predicted molar refractivity (Wildman–Crippen MR) is 98.9 cm³/mol. The van der Waals surface area contributed by atoms with Crippen LogP contribution in [0, 0.1) is 0 Å². The third-order valence-electron chi connectivity index (χ3n) is 4.01. The van der Waals surface area contributed by atoms with Gasteiger partial charge < -0.3 is 14.8 Å². The van der Waals surface area contributed by atoms with Crippen molar-refractivity contribution in [3.05, 3.63) is 72.3 Å². The number of methoxy groups -OCH3 is 1. The van der Waals surface area contributed by atoms with Gasteiger partial charge in [-0.25, -0.2) is 0 Å². The second-order valence-corrected chi connectivity index (χ2v) is 5.84. The summed E-state index contributed by atoms with van der Waals surface area (Å²) in [5.74, 6) is 1.30. The first-order valence-electron chi connectivity index (χ1n) is 8.22. The summed E-state index contributed by atoms with van der Waals surface area (Å²) >= 11 is 0. The number of nitrogens with one attached hydrogen (secondary N) is 1. The van der Waals surface area contributed by atoms with Gasteiger partial charge in [-0.1, -0.05) is 42.5 Å². The van der Waals surface area contributed by atoms with Gasteiger partial charge in [-0.2, -0.15) is 0 Å². The summed E-state index contributed by atoms with van der Waals surface area (Å²) in [6, 6.07) is 21.4. The van der Waals surface area contributed by atoms with Crippen LogP contribution in [0.15, 0.2) is 66.7 Å². The number of carbonyl (C=O) groups is 1. The zero-order valence-electron chi connectivity index (χ0n) is 14.4. The van der Waals surface area contributed by atoms with Gasteiger partial charge in [0.05, 0.1) is 7.11 Å². The first-order valence-corrected chi connectivity index (χ1v) is 8.22. The molecule has 0 unspecified atom stereocenters. The van der Waals surface area contributed by atoms with E-state index in [9.17, 15) is 4.79 Å². The Labute approximate surface area is 147 Å². The van der Waals surface area contributed by atoms with Gasteiger partial charge in [0, 0.05) is 6.54 Å². The van der Waals surface area contributed by atoms with Gasteiger partial charge in [0.15, 0.2) is 6.10 Å². The highest BCUT2D eigenvalue weighted by Crippen LogP contribution is 2.25. The Morgan fingerprint density at radius 1 is 0.960 bits per heavy atom. The van der Waals surface area contributed by atoms with Gasteiger partial charge in [0.1, 0.15) is 11.5 Å². The van der Waals surface area contributed by atoms with E-state index in [4.69, 9.17) is 9.47 Å². The highest BCUT2D eigenvalue weighted by Gasteiger charge is 2.14. The summed E-state index contributed by atoms with van der Waals surface area (Å²) < 4.78 is 11.0. The van der Waals surface area contributed by atoms with E-state index < -0.39 is 6.10 Å². The molecular formula is C21H21NO3. The fourth-order valence-corrected chi connectivity index (χ4v) is 2.59. The molecule has 0 aromatic heterocycles. The standard InChI is InChI=1S/C21H21NO3/c1-15(21(23)22-14-16-6-4-3-5-7-16)25-20-11-9-17-8-10-19(24-2)12-18(17)13-20/h3-13,15H,14H2,1-2H3,(H,22,23)/t15-/m0/s1.